The molecule has 9 aliphatic carbocycles. The molecule has 34 heteroatoms. The normalized spacial score (nSPS) is 18.7. The van der Waals surface area contributed by atoms with Crippen LogP contribution in [0, 0.1) is 95.7 Å². The quantitative estimate of drug-likeness (QED) is 0.0519. The number of pyridine rings is 5. The minimum atomic E-state index is -1.05. The second-order valence-electron chi connectivity index (χ2n) is 44.6. The predicted molar refractivity (Wildman–Crippen MR) is 549 cm³/mol. The third-order valence-electron chi connectivity index (χ3n) is 28.5. The van der Waals surface area contributed by atoms with Crippen molar-refractivity contribution in [3.05, 3.63) is 236 Å². The van der Waals surface area contributed by atoms with Crippen LogP contribution in [0.3, 0.4) is 0 Å². The highest BCUT2D eigenvalue weighted by molar-refractivity contribution is 5.99. The molecule has 1 aliphatic heterocycles. The van der Waals surface area contributed by atoms with Crippen LogP contribution in [0.25, 0.3) is 44.6 Å². The highest BCUT2D eigenvalue weighted by Gasteiger charge is 2.45. The van der Waals surface area contributed by atoms with Gasteiger partial charge in [-0.15, -0.1) is 51.0 Å². The Bertz CT molecular complexity index is 7730. The summed E-state index contributed by atoms with van der Waals surface area (Å²) >= 11 is 0. The number of rotatable bonds is 15. The largest absolute Gasteiger partial charge is 0.420 e. The van der Waals surface area contributed by atoms with E-state index in [1.807, 2.05) is 114 Å². The number of hydrogen-bond acceptors (Lipinski definition) is 28. The smallest absolute Gasteiger partial charge is 0.274 e. The van der Waals surface area contributed by atoms with Gasteiger partial charge in [0.25, 0.3) is 27.8 Å². The van der Waals surface area contributed by atoms with E-state index in [4.69, 9.17) is 26.8 Å². The standard InChI is InChI=1S/C23H25N3O4.2C23H27N3O3.C22H26N4O3.C21H25N5O3/c1-13-10-17-19(18(13)21-25-24-20(30-21)15-7-9-29-12-15)14(11-26(3)22(17)27)6-8-23(2,28)16-4-5-16;2*1-13-11-16-18(17(13)19-24-25-21(29-19)22(2,3)4)14(12-26(6)20(16)27)9-10-23(5,28)15-7-8-15;1-13-10-16-19(18(13)20-24-23-17(29-20)12-25(3)4)14(11-26(5)21(16)27)8-9-22(2,28)15-6-7-15;1-12-16(19-24-23-15(29-19)11-25(3)4)17-13(8-9-21(2,28)14-6-7-14)10-26(5)20(27)18(17)22-12/h11,15-16,28H,4-5,7,9-10,12H2,1-3H3;2*12,15,28H,7-8,11H2,1-6H3;11,15,28H,6-7,10,12H2,1-5H3;10,14,22,28H,6-7,11H2,1-5H3. The van der Waals surface area contributed by atoms with Gasteiger partial charge >= 0.3 is 0 Å². The minimum Gasteiger partial charge on any atom is -0.420 e. The lowest BCUT2D eigenvalue weighted by atomic mass is 9.97. The fraction of sp³-hybridized carbons (Fsp3) is 0.509. The van der Waals surface area contributed by atoms with Crippen molar-refractivity contribution in [1.29, 1.82) is 0 Å². The number of aryl methyl sites for hydroxylation is 6. The average molecular weight is 1980 g/mol. The number of nitrogens with one attached hydrogen (secondary N) is 1. The summed E-state index contributed by atoms with van der Waals surface area (Å²) in [5.74, 6) is 36.7. The lowest BCUT2D eigenvalue weighted by Crippen LogP contribution is -2.25. The second-order valence-corrected chi connectivity index (χ2v) is 44.6. The highest BCUT2D eigenvalue weighted by atomic mass is 16.5. The molecular formula is C112H130N18O16. The molecule has 146 heavy (non-hydrogen) atoms. The first kappa shape index (κ1) is 104. The fourth-order valence-corrected chi connectivity index (χ4v) is 19.3. The lowest BCUT2D eigenvalue weighted by Gasteiger charge is -2.15. The van der Waals surface area contributed by atoms with Gasteiger partial charge in [0.15, 0.2) is 0 Å². The van der Waals surface area contributed by atoms with Gasteiger partial charge in [-0.25, -0.2) is 0 Å². The van der Waals surface area contributed by atoms with Gasteiger partial charge in [0.1, 0.15) is 33.5 Å². The molecule has 0 amide bonds. The Morgan fingerprint density at radius 1 is 0.356 bits per heavy atom. The summed E-state index contributed by atoms with van der Waals surface area (Å²) in [4.78, 5) is 70.9. The number of aliphatic hydroxyl groups is 5. The van der Waals surface area contributed by atoms with E-state index in [1.54, 1.807) is 119 Å². The molecule has 6 unspecified atom stereocenters. The van der Waals surface area contributed by atoms with E-state index in [-0.39, 0.29) is 74.1 Å². The van der Waals surface area contributed by atoms with Crippen LogP contribution in [0.15, 0.2) is 99.3 Å². The van der Waals surface area contributed by atoms with E-state index in [0.29, 0.717) is 177 Å². The van der Waals surface area contributed by atoms with Crippen molar-refractivity contribution >= 4 is 33.2 Å². The summed E-state index contributed by atoms with van der Waals surface area (Å²) < 4.78 is 42.9. The summed E-state index contributed by atoms with van der Waals surface area (Å²) in [7, 11) is 16.3. The third-order valence-corrected chi connectivity index (χ3v) is 28.5. The summed E-state index contributed by atoms with van der Waals surface area (Å²) in [6.07, 6.45) is 21.5. The van der Waals surface area contributed by atoms with Crippen LogP contribution < -0.4 is 27.8 Å². The first-order valence-electron chi connectivity index (χ1n) is 49.9. The number of allylic oxidation sites excluding steroid dienone is 4. The van der Waals surface area contributed by atoms with Crippen LogP contribution in [0.2, 0.25) is 0 Å². The first-order valence-corrected chi connectivity index (χ1v) is 49.9. The minimum absolute atomic E-state index is 0.0515. The molecule has 0 radical (unpaired) electrons. The Hall–Kier alpha value is -13.6. The molecule has 0 aromatic carbocycles. The van der Waals surface area contributed by atoms with Crippen LogP contribution in [0.4, 0.5) is 0 Å². The molecule has 12 heterocycles. The predicted octanol–water partition coefficient (Wildman–Crippen LogP) is 11.6. The van der Waals surface area contributed by atoms with Crippen LogP contribution >= 0.6 is 0 Å². The summed E-state index contributed by atoms with van der Waals surface area (Å²) in [6, 6.07) is 0. The van der Waals surface area contributed by atoms with E-state index in [1.165, 1.54) is 4.57 Å². The van der Waals surface area contributed by atoms with E-state index in [9.17, 15) is 49.5 Å². The highest BCUT2D eigenvalue weighted by Crippen LogP contribution is 2.48. The maximum absolute atomic E-state index is 12.8. The van der Waals surface area contributed by atoms with Crippen molar-refractivity contribution in [1.82, 2.24) is 88.6 Å². The van der Waals surface area contributed by atoms with Crippen LogP contribution in [-0.2, 0) is 89.6 Å². The zero-order valence-corrected chi connectivity index (χ0v) is 88.1. The molecule has 764 valence electrons. The van der Waals surface area contributed by atoms with Crippen molar-refractivity contribution in [3.63, 3.8) is 0 Å². The van der Waals surface area contributed by atoms with Gasteiger partial charge in [-0.3, -0.25) is 24.0 Å². The summed E-state index contributed by atoms with van der Waals surface area (Å²) in [5.41, 5.74) is 12.2. The molecule has 10 aliphatic rings. The van der Waals surface area contributed by atoms with Crippen molar-refractivity contribution in [2.45, 2.75) is 265 Å². The van der Waals surface area contributed by atoms with Crippen molar-refractivity contribution in [3.8, 4) is 70.7 Å². The zero-order chi connectivity index (χ0) is 105. The fourth-order valence-electron chi connectivity index (χ4n) is 19.3. The Morgan fingerprint density at radius 2 is 0.637 bits per heavy atom. The van der Waals surface area contributed by atoms with Crippen molar-refractivity contribution < 1.29 is 52.4 Å². The molecule has 6 atom stereocenters. The van der Waals surface area contributed by atoms with Crippen molar-refractivity contribution in [2.75, 3.05) is 41.4 Å². The number of aromatic amines is 1. The Morgan fingerprint density at radius 3 is 0.938 bits per heavy atom. The van der Waals surface area contributed by atoms with Crippen LogP contribution in [0.5, 0.6) is 0 Å². The molecule has 34 nitrogen and oxygen atoms in total. The molecule has 6 N–H and O–H groups in total. The zero-order valence-electron chi connectivity index (χ0n) is 88.1. The van der Waals surface area contributed by atoms with Crippen LogP contribution in [-0.4, -0.2) is 184 Å². The molecule has 1 saturated heterocycles. The molecule has 5 saturated carbocycles. The molecule has 0 bridgehead atoms. The number of hydrogen-bond donors (Lipinski definition) is 6. The van der Waals surface area contributed by atoms with Gasteiger partial charge in [-0.1, -0.05) is 123 Å². The number of aromatic nitrogens is 16. The Labute approximate surface area is 847 Å². The molecular weight excluding hydrogens is 1850 g/mol. The van der Waals surface area contributed by atoms with Gasteiger partial charge in [0.2, 0.25) is 58.9 Å². The third kappa shape index (κ3) is 21.7. The van der Waals surface area contributed by atoms with Gasteiger partial charge in [-0.05, 0) is 198 Å². The van der Waals surface area contributed by atoms with Crippen LogP contribution in [0.1, 0.15) is 311 Å². The summed E-state index contributed by atoms with van der Waals surface area (Å²) in [5, 5.41) is 95.9. The molecule has 21 rings (SSSR count). The van der Waals surface area contributed by atoms with Gasteiger partial charge < -0.3 is 90.0 Å². The topological polar surface area (TPSA) is 437 Å². The maximum atomic E-state index is 12.8. The molecule has 11 aromatic rings. The van der Waals surface area contributed by atoms with Gasteiger partial charge in [0.05, 0.1) is 36.7 Å². The summed E-state index contributed by atoms with van der Waals surface area (Å²) in [6.45, 7) is 33.0. The van der Waals surface area contributed by atoms with Gasteiger partial charge in [-0.2, -0.15) is 0 Å². The molecule has 6 fully saturated rings. The van der Waals surface area contributed by atoms with E-state index in [2.05, 4.69) is 115 Å². The maximum Gasteiger partial charge on any atom is 0.274 e. The SMILES string of the molecule is CC1=C(c2nnc(C(C)(C)C)o2)c2c(C#CC(C)(O)C3CC3)cn(C)c(=O)c2C1.CC1=C(c2nnc(C(C)(C)C)o2)c2c(C#CC(C)(O)C3CC3)cn(C)c(=O)c2C1.CC1=C(c2nnc(C3CCOC3)o2)c2c(C#CC(C)(O)C3CC3)cn(C)c(=O)c2C1.CC1=C(c2nnc(CN(C)C)o2)c2c(C#CC(C)(O)C3CC3)cn(C)c(=O)c2C1.Cc1[nH]c2c(=O)n(C)cc(C#CC(C)(O)C3CC3)c2c1-c1nnc(CN(C)C)o1. The average Bonchev–Trinajstić information content (AvgIpc) is 1.62. The second kappa shape index (κ2) is 39.3. The Kier molecular flexibility index (Phi) is 28.0. The number of nitrogens with zero attached hydrogens (tertiary/aromatic N) is 17. The van der Waals surface area contributed by atoms with Crippen molar-refractivity contribution in [2.24, 2.45) is 64.8 Å². The molecule has 11 aromatic heterocycles. The van der Waals surface area contributed by atoms with E-state index < -0.39 is 28.0 Å². The monoisotopic (exact) mass is 1980 g/mol. The van der Waals surface area contributed by atoms with Gasteiger partial charge in [0, 0.05) is 209 Å². The number of H-pyrrole nitrogens is 1. The number of ether oxygens (including phenoxy) is 1. The molecule has 0 spiro atoms. The van der Waals surface area contributed by atoms with E-state index in [0.717, 1.165) is 143 Å². The number of fused-ring (bicyclic) bond motifs is 5. The first-order chi connectivity index (χ1) is 68.7. The lowest BCUT2D eigenvalue weighted by molar-refractivity contribution is 0.0976. The Balaban J connectivity index is 0.000000125. The van der Waals surface area contributed by atoms with E-state index >= 15 is 0 Å².